The van der Waals surface area contributed by atoms with Gasteiger partial charge in [0.05, 0.1) is 11.8 Å². The average Bonchev–Trinajstić information content (AvgIpc) is 3.47. The van der Waals surface area contributed by atoms with Crippen molar-refractivity contribution in [3.05, 3.63) is 40.7 Å². The summed E-state index contributed by atoms with van der Waals surface area (Å²) in [5.74, 6) is -0.195. The van der Waals surface area contributed by atoms with Crippen molar-refractivity contribution in [1.82, 2.24) is 10.3 Å². The van der Waals surface area contributed by atoms with Crippen LogP contribution in [0.15, 0.2) is 24.3 Å². The van der Waals surface area contributed by atoms with Crippen LogP contribution in [0.5, 0.6) is 0 Å². The zero-order valence-corrected chi connectivity index (χ0v) is 19.7. The quantitative estimate of drug-likeness (QED) is 0.591. The summed E-state index contributed by atoms with van der Waals surface area (Å²) in [6.07, 6.45) is 4.39. The van der Waals surface area contributed by atoms with Gasteiger partial charge >= 0.3 is 0 Å². The van der Waals surface area contributed by atoms with E-state index in [2.05, 4.69) is 24.5 Å². The van der Waals surface area contributed by atoms with Crippen molar-refractivity contribution in [2.24, 2.45) is 23.2 Å². The van der Waals surface area contributed by atoms with Crippen molar-refractivity contribution < 1.29 is 14.3 Å². The molecule has 1 amide bonds. The van der Waals surface area contributed by atoms with E-state index in [0.717, 1.165) is 48.6 Å². The molecule has 7 heteroatoms. The van der Waals surface area contributed by atoms with Gasteiger partial charge in [-0.2, -0.15) is 0 Å². The zero-order valence-electron chi connectivity index (χ0n) is 18.9. The maximum atomic E-state index is 13.2. The summed E-state index contributed by atoms with van der Waals surface area (Å²) in [6, 6.07) is 6.63. The molecular weight excluding hydrogens is 425 g/mol. The number of fused-ring (bicyclic) bond motifs is 2. The first kappa shape index (κ1) is 21.8. The Bertz CT molecular complexity index is 1010. The van der Waals surface area contributed by atoms with E-state index in [0.29, 0.717) is 6.04 Å². The molecule has 2 aromatic rings. The highest BCUT2D eigenvalue weighted by atomic mass is 32.1. The van der Waals surface area contributed by atoms with E-state index in [1.54, 1.807) is 23.5 Å². The minimum Gasteiger partial charge on any atom is -0.392 e. The predicted molar refractivity (Wildman–Crippen MR) is 125 cm³/mol. The van der Waals surface area contributed by atoms with E-state index in [4.69, 9.17) is 4.98 Å². The molecule has 2 saturated carbocycles. The highest BCUT2D eigenvalue weighted by Crippen LogP contribution is 2.57. The second kappa shape index (κ2) is 8.10. The lowest BCUT2D eigenvalue weighted by Gasteiger charge is -2.53. The first-order valence-corrected chi connectivity index (χ1v) is 12.6. The molecule has 3 aliphatic rings. The van der Waals surface area contributed by atoms with Crippen LogP contribution in [0.3, 0.4) is 0 Å². The van der Waals surface area contributed by atoms with Crippen LogP contribution < -0.4 is 10.6 Å². The fraction of sp³-hybridized carbons (Fsp3) is 0.600. The Labute approximate surface area is 192 Å². The van der Waals surface area contributed by atoms with Crippen molar-refractivity contribution in [1.29, 1.82) is 0 Å². The number of nitrogens with one attached hydrogen (secondary N) is 2. The Morgan fingerprint density at radius 2 is 2.00 bits per heavy atom. The van der Waals surface area contributed by atoms with E-state index in [9.17, 15) is 14.3 Å². The Balaban J connectivity index is 1.36. The Morgan fingerprint density at radius 1 is 1.28 bits per heavy atom. The van der Waals surface area contributed by atoms with E-state index in [-0.39, 0.29) is 40.8 Å². The van der Waals surface area contributed by atoms with Crippen LogP contribution in [0.2, 0.25) is 0 Å². The molecule has 0 radical (unpaired) electrons. The van der Waals surface area contributed by atoms with Gasteiger partial charge in [0.2, 0.25) is 5.91 Å². The molecule has 1 aromatic carbocycles. The topological polar surface area (TPSA) is 74.2 Å². The van der Waals surface area contributed by atoms with Gasteiger partial charge in [-0.25, -0.2) is 9.37 Å². The molecule has 0 bridgehead atoms. The normalized spacial score (nSPS) is 32.5. The smallest absolute Gasteiger partial charge is 0.223 e. The summed E-state index contributed by atoms with van der Waals surface area (Å²) >= 11 is 1.66. The van der Waals surface area contributed by atoms with Gasteiger partial charge in [0.25, 0.3) is 0 Å². The number of aliphatic hydroxyl groups excluding tert-OH is 1. The summed E-state index contributed by atoms with van der Waals surface area (Å²) in [6.45, 7) is 6.43. The van der Waals surface area contributed by atoms with Crippen molar-refractivity contribution in [3.63, 3.8) is 0 Å². The maximum absolute atomic E-state index is 13.2. The molecule has 0 spiro atoms. The lowest BCUT2D eigenvalue weighted by atomic mass is 9.53. The number of carbonyl (C=O) groups is 1. The van der Waals surface area contributed by atoms with Crippen LogP contribution in [-0.2, 0) is 11.2 Å². The van der Waals surface area contributed by atoms with E-state index in [1.807, 2.05) is 6.92 Å². The molecule has 6 atom stereocenters. The fourth-order valence-electron chi connectivity index (χ4n) is 6.01. The van der Waals surface area contributed by atoms with Gasteiger partial charge in [-0.15, -0.1) is 11.3 Å². The zero-order chi connectivity index (χ0) is 22.6. The highest BCUT2D eigenvalue weighted by molar-refractivity contribution is 7.15. The number of aromatic nitrogens is 1. The third-order valence-electron chi connectivity index (χ3n) is 8.00. The monoisotopic (exact) mass is 457 g/mol. The number of rotatable bonds is 5. The molecule has 3 N–H and O–H groups in total. The number of anilines is 2. The molecule has 0 unspecified atom stereocenters. The Morgan fingerprint density at radius 3 is 2.69 bits per heavy atom. The van der Waals surface area contributed by atoms with Gasteiger partial charge in [0.15, 0.2) is 5.13 Å². The van der Waals surface area contributed by atoms with Crippen LogP contribution in [0.1, 0.15) is 62.9 Å². The standard InChI is InChI=1S/C25H32FN3O2S/c1-13(23(31)27-16-8-9-16)18-10-11-25(3)12-19-21(14(2)20(25)22(18)30)29-24(32-19)28-17-6-4-15(26)5-7-17/h4-7,13-14,16,18,20,22,30H,8-12H2,1-3H3,(H,27,31)(H,28,29)/t13-,14+,18-,20+,22-,25+/m0/s1. The van der Waals surface area contributed by atoms with Gasteiger partial charge in [-0.1, -0.05) is 20.8 Å². The molecular formula is C25H32FN3O2S. The minimum atomic E-state index is -0.521. The first-order chi connectivity index (χ1) is 15.2. The molecule has 3 aliphatic carbocycles. The number of carbonyl (C=O) groups excluding carboxylic acids is 1. The van der Waals surface area contributed by atoms with Gasteiger partial charge in [0, 0.05) is 28.4 Å². The van der Waals surface area contributed by atoms with Crippen LogP contribution in [0, 0.1) is 29.0 Å². The Hall–Kier alpha value is -1.99. The van der Waals surface area contributed by atoms with Gasteiger partial charge in [0.1, 0.15) is 5.82 Å². The molecule has 5 nitrogen and oxygen atoms in total. The molecule has 0 saturated heterocycles. The highest BCUT2D eigenvalue weighted by Gasteiger charge is 2.54. The Kier molecular flexibility index (Phi) is 5.53. The summed E-state index contributed by atoms with van der Waals surface area (Å²) in [4.78, 5) is 18.8. The van der Waals surface area contributed by atoms with Crippen LogP contribution in [0.4, 0.5) is 15.2 Å². The molecule has 172 valence electrons. The first-order valence-electron chi connectivity index (χ1n) is 11.8. The molecule has 32 heavy (non-hydrogen) atoms. The number of nitrogens with zero attached hydrogens (tertiary/aromatic N) is 1. The maximum Gasteiger partial charge on any atom is 0.223 e. The van der Waals surface area contributed by atoms with Crippen molar-refractivity contribution in [2.45, 2.75) is 70.9 Å². The molecule has 1 aromatic heterocycles. The number of hydrogen-bond acceptors (Lipinski definition) is 5. The number of amides is 1. The second-order valence-electron chi connectivity index (χ2n) is 10.4. The van der Waals surface area contributed by atoms with Gasteiger partial charge < -0.3 is 15.7 Å². The van der Waals surface area contributed by atoms with E-state index >= 15 is 0 Å². The predicted octanol–water partition coefficient (Wildman–Crippen LogP) is 4.99. The fourth-order valence-corrected chi connectivity index (χ4v) is 7.30. The van der Waals surface area contributed by atoms with Crippen LogP contribution in [-0.4, -0.2) is 28.1 Å². The number of hydrogen-bond donors (Lipinski definition) is 3. The summed E-state index contributed by atoms with van der Waals surface area (Å²) in [5, 5.41) is 18.7. The van der Waals surface area contributed by atoms with Crippen LogP contribution in [0.25, 0.3) is 0 Å². The molecule has 5 rings (SSSR count). The number of halogens is 1. The number of benzene rings is 1. The number of thiazole rings is 1. The second-order valence-corrected chi connectivity index (χ2v) is 11.5. The van der Waals surface area contributed by atoms with Crippen LogP contribution >= 0.6 is 11.3 Å². The molecule has 1 heterocycles. The third-order valence-corrected chi connectivity index (χ3v) is 8.98. The van der Waals surface area contributed by atoms with E-state index < -0.39 is 6.10 Å². The lowest BCUT2D eigenvalue weighted by molar-refractivity contribution is -0.134. The number of aliphatic hydroxyl groups is 1. The largest absolute Gasteiger partial charge is 0.392 e. The molecule has 2 fully saturated rings. The third kappa shape index (κ3) is 3.94. The van der Waals surface area contributed by atoms with Crippen molar-refractivity contribution in [2.75, 3.05) is 5.32 Å². The lowest BCUT2D eigenvalue weighted by Crippen LogP contribution is -2.53. The average molecular weight is 458 g/mol. The molecule has 0 aliphatic heterocycles. The van der Waals surface area contributed by atoms with Gasteiger partial charge in [-0.3, -0.25) is 4.79 Å². The van der Waals surface area contributed by atoms with Crippen molar-refractivity contribution >= 4 is 28.1 Å². The SMILES string of the molecule is C[C@H](C(=O)NC1CC1)[C@@H]1CC[C@]2(C)Cc3sc(Nc4ccc(F)cc4)nc3[C@H](C)[C@@H]2[C@H]1O. The minimum absolute atomic E-state index is 0.00526. The summed E-state index contributed by atoms with van der Waals surface area (Å²) in [7, 11) is 0. The summed E-state index contributed by atoms with van der Waals surface area (Å²) < 4.78 is 13.2. The summed E-state index contributed by atoms with van der Waals surface area (Å²) in [5.41, 5.74) is 1.86. The van der Waals surface area contributed by atoms with E-state index in [1.165, 1.54) is 17.0 Å². The van der Waals surface area contributed by atoms with Gasteiger partial charge in [-0.05, 0) is 73.6 Å². The van der Waals surface area contributed by atoms with Crippen molar-refractivity contribution in [3.8, 4) is 0 Å².